The van der Waals surface area contributed by atoms with E-state index < -0.39 is 0 Å². The van der Waals surface area contributed by atoms with E-state index in [1.54, 1.807) is 11.3 Å². The van der Waals surface area contributed by atoms with Gasteiger partial charge in [0.1, 0.15) is 5.82 Å². The molecular weight excluding hydrogens is 337 g/mol. The lowest BCUT2D eigenvalue weighted by Crippen LogP contribution is -2.12. The number of rotatable bonds is 3. The number of nitrogens with two attached hydrogens (primary N) is 1. The maximum absolute atomic E-state index is 13.3. The standard InChI is InChI=1S/C13H12BrClFNS/c1-7-6-18-13(12(7)15)11(17)4-8-2-9(14)5-10(16)3-8/h2-3,5-6,11H,4,17H2,1H3. The lowest BCUT2D eigenvalue weighted by atomic mass is 10.0. The smallest absolute Gasteiger partial charge is 0.124 e. The van der Waals surface area contributed by atoms with Crippen molar-refractivity contribution < 1.29 is 4.39 Å². The van der Waals surface area contributed by atoms with Crippen LogP contribution in [0, 0.1) is 12.7 Å². The van der Waals surface area contributed by atoms with Crippen LogP contribution < -0.4 is 5.73 Å². The number of hydrogen-bond donors (Lipinski definition) is 1. The number of aryl methyl sites for hydroxylation is 1. The van der Waals surface area contributed by atoms with E-state index in [1.807, 2.05) is 18.4 Å². The molecule has 1 aromatic carbocycles. The zero-order chi connectivity index (χ0) is 13.3. The van der Waals surface area contributed by atoms with Crippen LogP contribution >= 0.6 is 38.9 Å². The van der Waals surface area contributed by atoms with E-state index in [2.05, 4.69) is 15.9 Å². The molecule has 0 aliphatic heterocycles. The third-order valence-corrected chi connectivity index (χ3v) is 4.94. The molecule has 2 N–H and O–H groups in total. The van der Waals surface area contributed by atoms with E-state index in [0.29, 0.717) is 6.42 Å². The Kier molecular flexibility index (Phi) is 4.43. The third kappa shape index (κ3) is 3.12. The third-order valence-electron chi connectivity index (χ3n) is 2.64. The predicted octanol–water partition coefficient (Wildman–Crippen LogP) is 4.85. The van der Waals surface area contributed by atoms with Crippen LogP contribution in [0.2, 0.25) is 5.02 Å². The second-order valence-corrected chi connectivity index (χ2v) is 6.39. The highest BCUT2D eigenvalue weighted by Crippen LogP contribution is 2.33. The molecule has 1 heterocycles. The van der Waals surface area contributed by atoms with Crippen LogP contribution in [-0.4, -0.2) is 0 Å². The van der Waals surface area contributed by atoms with Crippen molar-refractivity contribution in [1.29, 1.82) is 0 Å². The molecule has 1 atom stereocenters. The van der Waals surface area contributed by atoms with E-state index in [0.717, 1.165) is 25.5 Å². The van der Waals surface area contributed by atoms with Crippen molar-refractivity contribution in [2.45, 2.75) is 19.4 Å². The molecule has 0 bridgehead atoms. The summed E-state index contributed by atoms with van der Waals surface area (Å²) in [6.45, 7) is 1.95. The first-order valence-electron chi connectivity index (χ1n) is 5.41. The highest BCUT2D eigenvalue weighted by molar-refractivity contribution is 9.10. The van der Waals surface area contributed by atoms with E-state index in [9.17, 15) is 4.39 Å². The van der Waals surface area contributed by atoms with Crippen LogP contribution in [0.4, 0.5) is 4.39 Å². The normalized spacial score (nSPS) is 12.7. The minimum atomic E-state index is -0.264. The van der Waals surface area contributed by atoms with Gasteiger partial charge in [0.25, 0.3) is 0 Å². The SMILES string of the molecule is Cc1csc(C(N)Cc2cc(F)cc(Br)c2)c1Cl. The van der Waals surface area contributed by atoms with Crippen molar-refractivity contribution in [2.75, 3.05) is 0 Å². The second-order valence-electron chi connectivity index (χ2n) is 4.19. The Morgan fingerprint density at radius 2 is 2.17 bits per heavy atom. The van der Waals surface area contributed by atoms with Crippen molar-refractivity contribution in [2.24, 2.45) is 5.73 Å². The second kappa shape index (κ2) is 5.70. The molecule has 0 aliphatic carbocycles. The number of hydrogen-bond acceptors (Lipinski definition) is 2. The molecular formula is C13H12BrClFNS. The zero-order valence-electron chi connectivity index (χ0n) is 9.71. The van der Waals surface area contributed by atoms with E-state index >= 15 is 0 Å². The molecule has 0 radical (unpaired) electrons. The topological polar surface area (TPSA) is 26.0 Å². The molecule has 1 nitrogen and oxygen atoms in total. The molecule has 18 heavy (non-hydrogen) atoms. The van der Waals surface area contributed by atoms with Gasteiger partial charge in [-0.15, -0.1) is 11.3 Å². The minimum Gasteiger partial charge on any atom is -0.323 e. The molecule has 1 aromatic heterocycles. The van der Waals surface area contributed by atoms with E-state index in [-0.39, 0.29) is 11.9 Å². The van der Waals surface area contributed by atoms with Gasteiger partial charge in [-0.25, -0.2) is 4.39 Å². The van der Waals surface area contributed by atoms with Crippen molar-refractivity contribution in [3.63, 3.8) is 0 Å². The van der Waals surface area contributed by atoms with Gasteiger partial charge in [0.2, 0.25) is 0 Å². The molecule has 2 aromatic rings. The minimum absolute atomic E-state index is 0.204. The van der Waals surface area contributed by atoms with Crippen LogP contribution in [0.3, 0.4) is 0 Å². The van der Waals surface area contributed by atoms with Crippen molar-refractivity contribution in [1.82, 2.24) is 0 Å². The first-order valence-corrected chi connectivity index (χ1v) is 7.46. The van der Waals surface area contributed by atoms with E-state index in [1.165, 1.54) is 12.1 Å². The largest absolute Gasteiger partial charge is 0.323 e. The first-order chi connectivity index (χ1) is 8.47. The van der Waals surface area contributed by atoms with Gasteiger partial charge in [-0.1, -0.05) is 27.5 Å². The summed E-state index contributed by atoms with van der Waals surface area (Å²) in [7, 11) is 0. The number of benzene rings is 1. The van der Waals surface area contributed by atoms with Gasteiger partial charge in [-0.05, 0) is 48.1 Å². The Morgan fingerprint density at radius 1 is 1.44 bits per heavy atom. The van der Waals surface area contributed by atoms with Crippen LogP contribution in [0.25, 0.3) is 0 Å². The summed E-state index contributed by atoms with van der Waals surface area (Å²) < 4.78 is 14.0. The van der Waals surface area contributed by atoms with Gasteiger partial charge in [0.05, 0.1) is 5.02 Å². The molecule has 0 amide bonds. The van der Waals surface area contributed by atoms with Crippen molar-refractivity contribution in [3.05, 3.63) is 54.9 Å². The summed E-state index contributed by atoms with van der Waals surface area (Å²) in [5, 5.41) is 2.71. The number of halogens is 3. The lowest BCUT2D eigenvalue weighted by molar-refractivity contribution is 0.621. The number of thiophene rings is 1. The predicted molar refractivity (Wildman–Crippen MR) is 78.8 cm³/mol. The van der Waals surface area contributed by atoms with Crippen molar-refractivity contribution >= 4 is 38.9 Å². The van der Waals surface area contributed by atoms with Crippen LogP contribution in [0.15, 0.2) is 28.1 Å². The summed E-state index contributed by atoms with van der Waals surface area (Å²) in [4.78, 5) is 0.953. The van der Waals surface area contributed by atoms with Crippen LogP contribution in [-0.2, 0) is 6.42 Å². The Labute approximate surface area is 123 Å². The Balaban J connectivity index is 2.21. The molecule has 5 heteroatoms. The zero-order valence-corrected chi connectivity index (χ0v) is 12.9. The lowest BCUT2D eigenvalue weighted by Gasteiger charge is -2.11. The molecule has 0 saturated heterocycles. The average Bonchev–Trinajstić information content (AvgIpc) is 2.58. The summed E-state index contributed by atoms with van der Waals surface area (Å²) in [6.07, 6.45) is 0.566. The quantitative estimate of drug-likeness (QED) is 0.842. The van der Waals surface area contributed by atoms with Gasteiger partial charge < -0.3 is 5.73 Å². The monoisotopic (exact) mass is 347 g/mol. The summed E-state index contributed by atoms with van der Waals surface area (Å²) in [6, 6.07) is 4.60. The molecule has 2 rings (SSSR count). The Bertz CT molecular complexity index is 550. The fourth-order valence-corrected chi connectivity index (χ4v) is 3.63. The van der Waals surface area contributed by atoms with Gasteiger partial charge in [0.15, 0.2) is 0 Å². The summed E-state index contributed by atoms with van der Waals surface area (Å²) in [5.74, 6) is -0.264. The van der Waals surface area contributed by atoms with Gasteiger partial charge in [-0.2, -0.15) is 0 Å². The van der Waals surface area contributed by atoms with Crippen LogP contribution in [0.5, 0.6) is 0 Å². The molecule has 0 fully saturated rings. The highest BCUT2D eigenvalue weighted by atomic mass is 79.9. The maximum atomic E-state index is 13.3. The first kappa shape index (κ1) is 14.0. The summed E-state index contributed by atoms with van der Waals surface area (Å²) >= 11 is 11.0. The van der Waals surface area contributed by atoms with E-state index in [4.69, 9.17) is 17.3 Å². The van der Waals surface area contributed by atoms with Gasteiger partial charge in [0, 0.05) is 15.4 Å². The molecule has 0 spiro atoms. The van der Waals surface area contributed by atoms with Crippen LogP contribution in [0.1, 0.15) is 22.0 Å². The summed E-state index contributed by atoms with van der Waals surface area (Å²) in [5.41, 5.74) is 8.02. The maximum Gasteiger partial charge on any atom is 0.124 e. The van der Waals surface area contributed by atoms with Crippen molar-refractivity contribution in [3.8, 4) is 0 Å². The fraction of sp³-hybridized carbons (Fsp3) is 0.231. The Morgan fingerprint density at radius 3 is 2.72 bits per heavy atom. The molecule has 1 unspecified atom stereocenters. The molecule has 0 aliphatic rings. The molecule has 0 saturated carbocycles. The average molecular weight is 349 g/mol. The van der Waals surface area contributed by atoms with Gasteiger partial charge >= 0.3 is 0 Å². The Hall–Kier alpha value is -0.420. The fourth-order valence-electron chi connectivity index (χ4n) is 1.78. The highest BCUT2D eigenvalue weighted by Gasteiger charge is 2.15. The molecule has 96 valence electrons. The van der Waals surface area contributed by atoms with Gasteiger partial charge in [-0.3, -0.25) is 0 Å².